The standard InChI is InChI=1S/C21H24N2O4/c1-25-18-10-14(11-19(26-2)21(18)27-3)8-9-22-20(24)12-15-13-23-17-7-5-4-6-16(15)17/h4-7,10-11,13,23H,8-9,12H2,1-3H3,(H,22,24). The van der Waals surface area contributed by atoms with Gasteiger partial charge in [0.2, 0.25) is 11.7 Å². The summed E-state index contributed by atoms with van der Waals surface area (Å²) < 4.78 is 16.1. The van der Waals surface area contributed by atoms with Crippen LogP contribution in [0.5, 0.6) is 17.2 Å². The zero-order chi connectivity index (χ0) is 19.2. The van der Waals surface area contributed by atoms with Gasteiger partial charge in [0.05, 0.1) is 27.8 Å². The van der Waals surface area contributed by atoms with Gasteiger partial charge in [-0.05, 0) is 35.7 Å². The second-order valence-electron chi connectivity index (χ2n) is 6.17. The normalized spacial score (nSPS) is 10.6. The molecule has 2 aromatic carbocycles. The number of aromatic nitrogens is 1. The number of fused-ring (bicyclic) bond motifs is 1. The molecule has 0 atom stereocenters. The van der Waals surface area contributed by atoms with Gasteiger partial charge in [0.25, 0.3) is 0 Å². The third-order valence-corrected chi connectivity index (χ3v) is 4.49. The van der Waals surface area contributed by atoms with E-state index in [1.54, 1.807) is 21.3 Å². The van der Waals surface area contributed by atoms with Gasteiger partial charge in [-0.2, -0.15) is 0 Å². The fraction of sp³-hybridized carbons (Fsp3) is 0.286. The van der Waals surface area contributed by atoms with E-state index < -0.39 is 0 Å². The summed E-state index contributed by atoms with van der Waals surface area (Å²) in [4.78, 5) is 15.5. The van der Waals surface area contributed by atoms with E-state index >= 15 is 0 Å². The lowest BCUT2D eigenvalue weighted by atomic mass is 10.1. The topological polar surface area (TPSA) is 72.6 Å². The zero-order valence-electron chi connectivity index (χ0n) is 15.8. The molecule has 27 heavy (non-hydrogen) atoms. The van der Waals surface area contributed by atoms with Gasteiger partial charge >= 0.3 is 0 Å². The first-order valence-corrected chi connectivity index (χ1v) is 8.76. The molecule has 0 aliphatic heterocycles. The summed E-state index contributed by atoms with van der Waals surface area (Å²) in [7, 11) is 4.75. The minimum atomic E-state index is -0.00723. The Morgan fingerprint density at radius 3 is 2.41 bits per heavy atom. The highest BCUT2D eigenvalue weighted by atomic mass is 16.5. The molecule has 0 saturated carbocycles. The van der Waals surface area contributed by atoms with Crippen molar-refractivity contribution in [2.75, 3.05) is 27.9 Å². The summed E-state index contributed by atoms with van der Waals surface area (Å²) in [5.74, 6) is 1.77. The Balaban J connectivity index is 1.60. The van der Waals surface area contributed by atoms with E-state index in [0.29, 0.717) is 36.6 Å². The second kappa shape index (κ2) is 8.49. The molecular weight excluding hydrogens is 344 g/mol. The molecule has 6 nitrogen and oxygen atoms in total. The highest BCUT2D eigenvalue weighted by Crippen LogP contribution is 2.38. The second-order valence-corrected chi connectivity index (χ2v) is 6.17. The zero-order valence-corrected chi connectivity index (χ0v) is 15.8. The van der Waals surface area contributed by atoms with Gasteiger partial charge in [-0.1, -0.05) is 18.2 Å². The van der Waals surface area contributed by atoms with Gasteiger partial charge in [-0.25, -0.2) is 0 Å². The first-order chi connectivity index (χ1) is 13.2. The molecule has 0 fully saturated rings. The lowest BCUT2D eigenvalue weighted by molar-refractivity contribution is -0.120. The van der Waals surface area contributed by atoms with Gasteiger partial charge in [-0.3, -0.25) is 4.79 Å². The van der Waals surface area contributed by atoms with Crippen LogP contribution < -0.4 is 19.5 Å². The van der Waals surface area contributed by atoms with Crippen LogP contribution in [-0.4, -0.2) is 38.8 Å². The van der Waals surface area contributed by atoms with Crippen LogP contribution in [0.4, 0.5) is 0 Å². The molecule has 3 rings (SSSR count). The van der Waals surface area contributed by atoms with Gasteiger partial charge in [-0.15, -0.1) is 0 Å². The van der Waals surface area contributed by atoms with E-state index in [0.717, 1.165) is 22.0 Å². The predicted molar refractivity (Wildman–Crippen MR) is 105 cm³/mol. The Kier molecular flexibility index (Phi) is 5.86. The summed E-state index contributed by atoms with van der Waals surface area (Å²) in [5, 5.41) is 4.05. The molecule has 0 bridgehead atoms. The average Bonchev–Trinajstić information content (AvgIpc) is 3.10. The molecule has 0 aliphatic rings. The van der Waals surface area contributed by atoms with Crippen molar-refractivity contribution in [2.45, 2.75) is 12.8 Å². The fourth-order valence-corrected chi connectivity index (χ4v) is 3.14. The van der Waals surface area contributed by atoms with Crippen molar-refractivity contribution < 1.29 is 19.0 Å². The molecule has 6 heteroatoms. The molecule has 0 spiro atoms. The third kappa shape index (κ3) is 4.16. The van der Waals surface area contributed by atoms with Gasteiger partial charge in [0, 0.05) is 23.6 Å². The minimum Gasteiger partial charge on any atom is -0.493 e. The molecule has 142 valence electrons. The van der Waals surface area contributed by atoms with Crippen LogP contribution in [0.15, 0.2) is 42.6 Å². The van der Waals surface area contributed by atoms with Crippen molar-refractivity contribution in [3.63, 3.8) is 0 Å². The number of para-hydroxylation sites is 1. The minimum absolute atomic E-state index is 0.00723. The number of aromatic amines is 1. The van der Waals surface area contributed by atoms with E-state index in [1.807, 2.05) is 42.6 Å². The molecule has 3 aromatic rings. The van der Waals surface area contributed by atoms with Crippen LogP contribution in [0.25, 0.3) is 10.9 Å². The molecule has 1 amide bonds. The van der Waals surface area contributed by atoms with Crippen molar-refractivity contribution in [3.05, 3.63) is 53.7 Å². The number of rotatable bonds is 8. The quantitative estimate of drug-likeness (QED) is 0.641. The van der Waals surface area contributed by atoms with Gasteiger partial charge in [0.1, 0.15) is 0 Å². The molecular formula is C21H24N2O4. The Bertz CT molecular complexity index is 908. The summed E-state index contributed by atoms with van der Waals surface area (Å²) >= 11 is 0. The van der Waals surface area contributed by atoms with E-state index in [-0.39, 0.29) is 5.91 Å². The monoisotopic (exact) mass is 368 g/mol. The lowest BCUT2D eigenvalue weighted by Gasteiger charge is -2.14. The van der Waals surface area contributed by atoms with Crippen molar-refractivity contribution in [2.24, 2.45) is 0 Å². The van der Waals surface area contributed by atoms with Crippen molar-refractivity contribution in [1.82, 2.24) is 10.3 Å². The number of methoxy groups -OCH3 is 3. The molecule has 2 N–H and O–H groups in total. The van der Waals surface area contributed by atoms with E-state index in [1.165, 1.54) is 0 Å². The number of carbonyl (C=O) groups is 1. The van der Waals surface area contributed by atoms with Crippen LogP contribution in [0.1, 0.15) is 11.1 Å². The van der Waals surface area contributed by atoms with Crippen LogP contribution in [-0.2, 0) is 17.6 Å². The molecule has 0 radical (unpaired) electrons. The largest absolute Gasteiger partial charge is 0.493 e. The van der Waals surface area contributed by atoms with E-state index in [9.17, 15) is 4.79 Å². The fourth-order valence-electron chi connectivity index (χ4n) is 3.14. The van der Waals surface area contributed by atoms with E-state index in [2.05, 4.69) is 10.3 Å². The first-order valence-electron chi connectivity index (χ1n) is 8.76. The number of H-pyrrole nitrogens is 1. The Morgan fingerprint density at radius 2 is 1.74 bits per heavy atom. The third-order valence-electron chi connectivity index (χ3n) is 4.49. The molecule has 0 saturated heterocycles. The number of ether oxygens (including phenoxy) is 3. The number of amides is 1. The maximum absolute atomic E-state index is 12.3. The predicted octanol–water partition coefficient (Wildman–Crippen LogP) is 3.10. The summed E-state index contributed by atoms with van der Waals surface area (Å²) in [6.45, 7) is 0.528. The van der Waals surface area contributed by atoms with Crippen LogP contribution in [0.3, 0.4) is 0 Å². The summed E-state index contributed by atoms with van der Waals surface area (Å²) in [5.41, 5.74) is 3.03. The molecule has 1 heterocycles. The Hall–Kier alpha value is -3.15. The van der Waals surface area contributed by atoms with Crippen molar-refractivity contribution >= 4 is 16.8 Å². The van der Waals surface area contributed by atoms with Gasteiger partial charge in [0.15, 0.2) is 11.5 Å². The average molecular weight is 368 g/mol. The van der Waals surface area contributed by atoms with Crippen LogP contribution in [0, 0.1) is 0 Å². The summed E-state index contributed by atoms with van der Waals surface area (Å²) in [6, 6.07) is 11.8. The summed E-state index contributed by atoms with van der Waals surface area (Å²) in [6.07, 6.45) is 2.90. The van der Waals surface area contributed by atoms with Gasteiger partial charge < -0.3 is 24.5 Å². The molecule has 0 aliphatic carbocycles. The highest BCUT2D eigenvalue weighted by Gasteiger charge is 2.13. The van der Waals surface area contributed by atoms with E-state index in [4.69, 9.17) is 14.2 Å². The maximum Gasteiger partial charge on any atom is 0.224 e. The number of nitrogens with one attached hydrogen (secondary N) is 2. The smallest absolute Gasteiger partial charge is 0.224 e. The SMILES string of the molecule is COc1cc(CCNC(=O)Cc2c[nH]c3ccccc23)cc(OC)c1OC. The van der Waals surface area contributed by atoms with Crippen LogP contribution >= 0.6 is 0 Å². The highest BCUT2D eigenvalue weighted by molar-refractivity contribution is 5.88. The number of hydrogen-bond donors (Lipinski definition) is 2. The number of benzene rings is 2. The Labute approximate surface area is 158 Å². The first kappa shape index (κ1) is 18.6. The Morgan fingerprint density at radius 1 is 1.04 bits per heavy atom. The molecule has 1 aromatic heterocycles. The van der Waals surface area contributed by atoms with Crippen LogP contribution in [0.2, 0.25) is 0 Å². The number of hydrogen-bond acceptors (Lipinski definition) is 4. The number of carbonyl (C=O) groups excluding carboxylic acids is 1. The molecule has 0 unspecified atom stereocenters. The van der Waals surface area contributed by atoms with Crippen molar-refractivity contribution in [3.8, 4) is 17.2 Å². The van der Waals surface area contributed by atoms with Crippen molar-refractivity contribution in [1.29, 1.82) is 0 Å². The maximum atomic E-state index is 12.3. The lowest BCUT2D eigenvalue weighted by Crippen LogP contribution is -2.27.